The quantitative estimate of drug-likeness (QED) is 0.270. The van der Waals surface area contributed by atoms with Crippen LogP contribution in [0.3, 0.4) is 0 Å². The lowest BCUT2D eigenvalue weighted by atomic mass is 9.97. The monoisotopic (exact) mass is 523 g/mol. The SMILES string of the molecule is COc1cc(/C=N\n2cnc3sc4c(c3c2=O)CCCC4)ccc1OS(=O)(=O)c1cc(C)ccc1C. The van der Waals surface area contributed by atoms with Crippen LogP contribution in [0.15, 0.2) is 57.5 Å². The summed E-state index contributed by atoms with van der Waals surface area (Å²) >= 11 is 1.59. The molecule has 0 saturated heterocycles. The lowest BCUT2D eigenvalue weighted by Gasteiger charge is -2.13. The van der Waals surface area contributed by atoms with Gasteiger partial charge in [-0.25, -0.2) is 4.98 Å². The highest BCUT2D eigenvalue weighted by atomic mass is 32.2. The molecule has 4 aromatic rings. The van der Waals surface area contributed by atoms with E-state index in [0.717, 1.165) is 41.6 Å². The van der Waals surface area contributed by atoms with Gasteiger partial charge in [0.1, 0.15) is 16.1 Å². The van der Waals surface area contributed by atoms with Gasteiger partial charge in [0, 0.05) is 4.88 Å². The molecule has 186 valence electrons. The number of ether oxygens (including phenoxy) is 1. The fraction of sp³-hybridized carbons (Fsp3) is 0.269. The standard InChI is InChI=1S/C26H25N3O5S2/c1-16-8-9-17(2)23(12-16)36(31,32)34-20-11-10-18(13-21(20)33-3)14-28-29-15-27-25-24(26(29)30)19-6-4-5-7-22(19)35-25/h8-15H,4-7H2,1-3H3/b28-14-. The Hall–Kier alpha value is -3.50. The Labute approximate surface area is 213 Å². The molecule has 0 radical (unpaired) electrons. The number of methoxy groups -OCH3 is 1. The zero-order chi connectivity index (χ0) is 25.4. The number of aryl methyl sites for hydroxylation is 4. The number of benzene rings is 2. The summed E-state index contributed by atoms with van der Waals surface area (Å²) in [6.45, 7) is 3.53. The minimum Gasteiger partial charge on any atom is -0.493 e. The topological polar surface area (TPSA) is 99.8 Å². The van der Waals surface area contributed by atoms with E-state index in [4.69, 9.17) is 8.92 Å². The molecule has 1 aliphatic rings. The predicted molar refractivity (Wildman–Crippen MR) is 140 cm³/mol. The highest BCUT2D eigenvalue weighted by molar-refractivity contribution is 7.87. The van der Waals surface area contributed by atoms with Gasteiger partial charge in [0.25, 0.3) is 5.56 Å². The zero-order valence-corrected chi connectivity index (χ0v) is 21.8. The first-order valence-corrected chi connectivity index (χ1v) is 13.8. The van der Waals surface area contributed by atoms with Crippen LogP contribution < -0.4 is 14.5 Å². The maximum Gasteiger partial charge on any atom is 0.339 e. The van der Waals surface area contributed by atoms with E-state index in [0.29, 0.717) is 16.5 Å². The van der Waals surface area contributed by atoms with Gasteiger partial charge in [-0.3, -0.25) is 4.79 Å². The molecule has 8 nitrogen and oxygen atoms in total. The molecule has 5 rings (SSSR count). The molecule has 10 heteroatoms. The molecule has 2 heterocycles. The van der Waals surface area contributed by atoms with E-state index >= 15 is 0 Å². The Kier molecular flexibility index (Phi) is 6.40. The molecule has 36 heavy (non-hydrogen) atoms. The van der Waals surface area contributed by atoms with Crippen molar-refractivity contribution in [1.29, 1.82) is 0 Å². The molecule has 0 spiro atoms. The van der Waals surface area contributed by atoms with Crippen molar-refractivity contribution in [3.8, 4) is 11.5 Å². The summed E-state index contributed by atoms with van der Waals surface area (Å²) in [6, 6.07) is 9.90. The fourth-order valence-electron chi connectivity index (χ4n) is 4.32. The van der Waals surface area contributed by atoms with Crippen molar-refractivity contribution in [1.82, 2.24) is 9.66 Å². The first kappa shape index (κ1) is 24.2. The third-order valence-electron chi connectivity index (χ3n) is 6.19. The summed E-state index contributed by atoms with van der Waals surface area (Å²) < 4.78 is 37.8. The molecule has 0 atom stereocenters. The Bertz CT molecular complexity index is 1670. The molecule has 2 aromatic carbocycles. The molecule has 0 amide bonds. The van der Waals surface area contributed by atoms with Crippen LogP contribution in [0.5, 0.6) is 11.5 Å². The van der Waals surface area contributed by atoms with E-state index < -0.39 is 10.1 Å². The number of nitrogens with zero attached hydrogens (tertiary/aromatic N) is 3. The second-order valence-electron chi connectivity index (χ2n) is 8.75. The van der Waals surface area contributed by atoms with Crippen molar-refractivity contribution in [2.75, 3.05) is 7.11 Å². The van der Waals surface area contributed by atoms with E-state index in [-0.39, 0.29) is 22.0 Å². The van der Waals surface area contributed by atoms with Gasteiger partial charge in [-0.1, -0.05) is 12.1 Å². The van der Waals surface area contributed by atoms with Crippen LogP contribution in [-0.4, -0.2) is 31.4 Å². The normalized spacial score (nSPS) is 13.8. The van der Waals surface area contributed by atoms with Crippen molar-refractivity contribution in [3.05, 3.63) is 80.2 Å². The van der Waals surface area contributed by atoms with Crippen molar-refractivity contribution < 1.29 is 17.3 Å². The van der Waals surface area contributed by atoms with Gasteiger partial charge in [0.05, 0.1) is 18.7 Å². The lowest BCUT2D eigenvalue weighted by Crippen LogP contribution is -2.18. The molecular weight excluding hydrogens is 498 g/mol. The third kappa shape index (κ3) is 4.54. The summed E-state index contributed by atoms with van der Waals surface area (Å²) in [5.74, 6) is 0.279. The maximum absolute atomic E-state index is 13.1. The van der Waals surface area contributed by atoms with Gasteiger partial charge in [0.2, 0.25) is 0 Å². The van der Waals surface area contributed by atoms with Gasteiger partial charge in [-0.05, 0) is 86.1 Å². The molecule has 0 bridgehead atoms. The summed E-state index contributed by atoms with van der Waals surface area (Å²) in [5, 5.41) is 4.97. The van der Waals surface area contributed by atoms with Crippen molar-refractivity contribution >= 4 is 37.9 Å². The molecule has 0 N–H and O–H groups in total. The minimum absolute atomic E-state index is 0.0562. The van der Waals surface area contributed by atoms with Crippen LogP contribution in [0.4, 0.5) is 0 Å². The average molecular weight is 524 g/mol. The second-order valence-corrected chi connectivity index (χ2v) is 11.3. The molecule has 0 unspecified atom stereocenters. The highest BCUT2D eigenvalue weighted by Gasteiger charge is 2.22. The lowest BCUT2D eigenvalue weighted by molar-refractivity contribution is 0.390. The number of rotatable bonds is 6. The molecule has 0 fully saturated rings. The summed E-state index contributed by atoms with van der Waals surface area (Å²) in [5.41, 5.74) is 2.92. The van der Waals surface area contributed by atoms with Crippen LogP contribution in [0.2, 0.25) is 0 Å². The van der Waals surface area contributed by atoms with Crippen LogP contribution in [0.25, 0.3) is 10.2 Å². The Morgan fingerprint density at radius 2 is 1.89 bits per heavy atom. The number of thiophene rings is 1. The fourth-order valence-corrected chi connectivity index (χ4v) is 6.80. The predicted octanol–water partition coefficient (Wildman–Crippen LogP) is 4.61. The first-order chi connectivity index (χ1) is 17.3. The van der Waals surface area contributed by atoms with Crippen LogP contribution >= 0.6 is 11.3 Å². The van der Waals surface area contributed by atoms with Crippen molar-refractivity contribution in [3.63, 3.8) is 0 Å². The highest BCUT2D eigenvalue weighted by Crippen LogP contribution is 2.34. The smallest absolute Gasteiger partial charge is 0.339 e. The van der Waals surface area contributed by atoms with Crippen molar-refractivity contribution in [2.24, 2.45) is 5.10 Å². The minimum atomic E-state index is -4.06. The number of hydrogen-bond acceptors (Lipinski definition) is 8. The van der Waals surface area contributed by atoms with E-state index in [1.54, 1.807) is 42.5 Å². The summed E-state index contributed by atoms with van der Waals surface area (Å²) in [4.78, 5) is 19.7. The van der Waals surface area contributed by atoms with Gasteiger partial charge >= 0.3 is 10.1 Å². The number of aromatic nitrogens is 2. The van der Waals surface area contributed by atoms with Crippen LogP contribution in [-0.2, 0) is 23.0 Å². The molecule has 0 aliphatic heterocycles. The third-order valence-corrected chi connectivity index (χ3v) is 8.77. The largest absolute Gasteiger partial charge is 0.493 e. The van der Waals surface area contributed by atoms with Crippen molar-refractivity contribution in [2.45, 2.75) is 44.4 Å². The van der Waals surface area contributed by atoms with Gasteiger partial charge in [-0.2, -0.15) is 18.2 Å². The average Bonchev–Trinajstić information content (AvgIpc) is 3.25. The van der Waals surface area contributed by atoms with E-state index in [1.165, 1.54) is 35.3 Å². The molecule has 1 aliphatic carbocycles. The Morgan fingerprint density at radius 1 is 1.08 bits per heavy atom. The van der Waals surface area contributed by atoms with Crippen LogP contribution in [0.1, 0.15) is 40.0 Å². The van der Waals surface area contributed by atoms with Crippen LogP contribution in [0, 0.1) is 13.8 Å². The second kappa shape index (κ2) is 9.51. The van der Waals surface area contributed by atoms with E-state index in [1.807, 2.05) is 13.0 Å². The Morgan fingerprint density at radius 3 is 2.69 bits per heavy atom. The molecule has 2 aromatic heterocycles. The van der Waals surface area contributed by atoms with Gasteiger partial charge < -0.3 is 8.92 Å². The number of fused-ring (bicyclic) bond motifs is 3. The summed E-state index contributed by atoms with van der Waals surface area (Å²) in [6.07, 6.45) is 7.02. The molecular formula is C26H25N3O5S2. The van der Waals surface area contributed by atoms with Gasteiger partial charge in [-0.15, -0.1) is 11.3 Å². The van der Waals surface area contributed by atoms with E-state index in [9.17, 15) is 13.2 Å². The van der Waals surface area contributed by atoms with Gasteiger partial charge in [0.15, 0.2) is 11.5 Å². The maximum atomic E-state index is 13.1. The first-order valence-electron chi connectivity index (χ1n) is 11.5. The number of hydrogen-bond donors (Lipinski definition) is 0. The summed E-state index contributed by atoms with van der Waals surface area (Å²) in [7, 11) is -2.64. The molecule has 0 saturated carbocycles. The zero-order valence-electron chi connectivity index (χ0n) is 20.1. The Balaban J connectivity index is 1.43. The van der Waals surface area contributed by atoms with E-state index in [2.05, 4.69) is 10.1 Å².